The monoisotopic (exact) mass is 864 g/mol. The van der Waals surface area contributed by atoms with E-state index in [1.165, 1.54) is 110 Å². The number of fused-ring (bicyclic) bond motifs is 6. The first-order valence-electron chi connectivity index (χ1n) is 23.4. The van der Waals surface area contributed by atoms with Crippen molar-refractivity contribution in [2.75, 3.05) is 0 Å². The molecule has 2 nitrogen and oxygen atoms in total. The van der Waals surface area contributed by atoms with Gasteiger partial charge in [-0.15, -0.1) is 0 Å². The largest absolute Gasteiger partial charge is 0.309 e. The molecule has 0 saturated heterocycles. The summed E-state index contributed by atoms with van der Waals surface area (Å²) in [5.74, 6) is 0. The second-order valence-corrected chi connectivity index (χ2v) is 17.6. The van der Waals surface area contributed by atoms with Gasteiger partial charge in [-0.05, 0) is 104 Å². The van der Waals surface area contributed by atoms with Crippen LogP contribution in [-0.4, -0.2) is 9.13 Å². The second-order valence-electron chi connectivity index (χ2n) is 17.6. The summed E-state index contributed by atoms with van der Waals surface area (Å²) in [6, 6.07) is 97.4. The van der Waals surface area contributed by atoms with Crippen molar-refractivity contribution in [1.29, 1.82) is 0 Å². The molecule has 2 aromatic heterocycles. The van der Waals surface area contributed by atoms with Gasteiger partial charge in [-0.3, -0.25) is 0 Å². The molecule has 0 radical (unpaired) electrons. The number of nitrogens with zero attached hydrogens (tertiary/aromatic N) is 2. The summed E-state index contributed by atoms with van der Waals surface area (Å²) in [5, 5.41) is 4.93. The Balaban J connectivity index is 0.969. The van der Waals surface area contributed by atoms with Crippen LogP contribution in [0.5, 0.6) is 0 Å². The maximum Gasteiger partial charge on any atom is 0.0619 e. The van der Waals surface area contributed by atoms with E-state index in [4.69, 9.17) is 0 Å². The molecule has 68 heavy (non-hydrogen) atoms. The fourth-order valence-electron chi connectivity index (χ4n) is 10.8. The van der Waals surface area contributed by atoms with E-state index >= 15 is 0 Å². The van der Waals surface area contributed by atoms with Gasteiger partial charge in [0.1, 0.15) is 0 Å². The predicted octanol–water partition coefficient (Wildman–Crippen LogP) is 17.9. The molecule has 0 unspecified atom stereocenters. The van der Waals surface area contributed by atoms with E-state index < -0.39 is 0 Å². The van der Waals surface area contributed by atoms with Crippen LogP contribution in [0.3, 0.4) is 0 Å². The molecule has 318 valence electrons. The summed E-state index contributed by atoms with van der Waals surface area (Å²) < 4.78 is 4.88. The highest BCUT2D eigenvalue weighted by atomic mass is 15.0. The molecule has 2 heterocycles. The lowest BCUT2D eigenvalue weighted by Crippen LogP contribution is -1.95. The minimum atomic E-state index is 1.15. The van der Waals surface area contributed by atoms with E-state index in [2.05, 4.69) is 276 Å². The van der Waals surface area contributed by atoms with Crippen LogP contribution in [0.4, 0.5) is 0 Å². The lowest BCUT2D eigenvalue weighted by atomic mass is 9.86. The third-order valence-corrected chi connectivity index (χ3v) is 13.8. The van der Waals surface area contributed by atoms with Gasteiger partial charge in [-0.1, -0.05) is 218 Å². The highest BCUT2D eigenvalue weighted by Gasteiger charge is 2.21. The number of benzene rings is 11. The zero-order chi connectivity index (χ0) is 45.0. The SMILES string of the molecule is c1ccc(-c2cccc3c4cc(-c5ccccc5-c5ccccc5-c5ccccc5-c5ccc6c(c5)c5cccc(-c7ccccc7)c5n6-c5ccccc5)ccc4n(-c4ccccc4)c23)cc1. The highest BCUT2D eigenvalue weighted by Crippen LogP contribution is 2.46. The fourth-order valence-corrected chi connectivity index (χ4v) is 10.8. The molecule has 0 bridgehead atoms. The van der Waals surface area contributed by atoms with Crippen molar-refractivity contribution in [1.82, 2.24) is 9.13 Å². The summed E-state index contributed by atoms with van der Waals surface area (Å²) in [7, 11) is 0. The molecular formula is C66H44N2. The minimum Gasteiger partial charge on any atom is -0.309 e. The van der Waals surface area contributed by atoms with Crippen molar-refractivity contribution < 1.29 is 0 Å². The summed E-state index contributed by atoms with van der Waals surface area (Å²) in [6.07, 6.45) is 0. The maximum atomic E-state index is 2.44. The Morgan fingerprint density at radius 2 is 0.500 bits per heavy atom. The summed E-state index contributed by atoms with van der Waals surface area (Å²) in [4.78, 5) is 0. The molecular weight excluding hydrogens is 821 g/mol. The van der Waals surface area contributed by atoms with Gasteiger partial charge in [0.15, 0.2) is 0 Å². The van der Waals surface area contributed by atoms with Gasteiger partial charge in [-0.25, -0.2) is 0 Å². The number of rotatable bonds is 8. The molecule has 0 fully saturated rings. The van der Waals surface area contributed by atoms with E-state index in [1.807, 2.05) is 0 Å². The molecule has 0 amide bonds. The third kappa shape index (κ3) is 6.49. The van der Waals surface area contributed by atoms with Crippen molar-refractivity contribution in [2.45, 2.75) is 0 Å². The number of hydrogen-bond acceptors (Lipinski definition) is 0. The Hall–Kier alpha value is -8.98. The highest BCUT2D eigenvalue weighted by molar-refractivity contribution is 6.16. The Kier molecular flexibility index (Phi) is 9.54. The normalized spacial score (nSPS) is 11.5. The minimum absolute atomic E-state index is 1.15. The second kappa shape index (κ2) is 16.5. The van der Waals surface area contributed by atoms with Crippen molar-refractivity contribution >= 4 is 43.6 Å². The zero-order valence-corrected chi connectivity index (χ0v) is 37.3. The van der Waals surface area contributed by atoms with Gasteiger partial charge in [-0.2, -0.15) is 0 Å². The van der Waals surface area contributed by atoms with Gasteiger partial charge in [0, 0.05) is 44.0 Å². The summed E-state index contributed by atoms with van der Waals surface area (Å²) in [5.41, 5.74) is 21.5. The van der Waals surface area contributed by atoms with Crippen LogP contribution in [0.1, 0.15) is 0 Å². The van der Waals surface area contributed by atoms with E-state index in [9.17, 15) is 0 Å². The molecule has 0 spiro atoms. The van der Waals surface area contributed by atoms with Crippen LogP contribution in [0, 0.1) is 0 Å². The van der Waals surface area contributed by atoms with Gasteiger partial charge >= 0.3 is 0 Å². The quantitative estimate of drug-likeness (QED) is 0.144. The molecule has 2 heteroatoms. The average Bonchev–Trinajstić information content (AvgIpc) is 3.94. The van der Waals surface area contributed by atoms with Crippen molar-refractivity contribution in [2.24, 2.45) is 0 Å². The average molecular weight is 865 g/mol. The lowest BCUT2D eigenvalue weighted by molar-refractivity contribution is 1.18. The van der Waals surface area contributed by atoms with Gasteiger partial charge in [0.05, 0.1) is 22.1 Å². The molecule has 0 saturated carbocycles. The fraction of sp³-hybridized carbons (Fsp3) is 0. The van der Waals surface area contributed by atoms with Crippen molar-refractivity contribution in [3.8, 4) is 78.1 Å². The van der Waals surface area contributed by atoms with Gasteiger partial charge in [0.25, 0.3) is 0 Å². The molecule has 13 rings (SSSR count). The Labute approximate surface area is 395 Å². The van der Waals surface area contributed by atoms with E-state index in [0.717, 1.165) is 11.4 Å². The first-order chi connectivity index (χ1) is 33.8. The predicted molar refractivity (Wildman–Crippen MR) is 288 cm³/mol. The van der Waals surface area contributed by atoms with Crippen LogP contribution in [-0.2, 0) is 0 Å². The maximum absolute atomic E-state index is 2.44. The summed E-state index contributed by atoms with van der Waals surface area (Å²) >= 11 is 0. The zero-order valence-electron chi connectivity index (χ0n) is 37.3. The third-order valence-electron chi connectivity index (χ3n) is 13.8. The first-order valence-corrected chi connectivity index (χ1v) is 23.4. The molecule has 11 aromatic carbocycles. The number of hydrogen-bond donors (Lipinski definition) is 0. The number of aromatic nitrogens is 2. The van der Waals surface area contributed by atoms with Crippen LogP contribution in [0.15, 0.2) is 267 Å². The molecule has 0 aliphatic rings. The smallest absolute Gasteiger partial charge is 0.0619 e. The van der Waals surface area contributed by atoms with Gasteiger partial charge in [0.2, 0.25) is 0 Å². The molecule has 0 aliphatic heterocycles. The Morgan fingerprint density at radius 1 is 0.191 bits per heavy atom. The molecule has 0 aliphatic carbocycles. The Bertz CT molecular complexity index is 3730. The summed E-state index contributed by atoms with van der Waals surface area (Å²) in [6.45, 7) is 0. The van der Waals surface area contributed by atoms with Crippen LogP contribution in [0.2, 0.25) is 0 Å². The molecule has 0 N–H and O–H groups in total. The van der Waals surface area contributed by atoms with E-state index in [-0.39, 0.29) is 0 Å². The number of para-hydroxylation sites is 4. The topological polar surface area (TPSA) is 9.86 Å². The van der Waals surface area contributed by atoms with Crippen LogP contribution in [0.25, 0.3) is 122 Å². The van der Waals surface area contributed by atoms with Crippen molar-refractivity contribution in [3.63, 3.8) is 0 Å². The van der Waals surface area contributed by atoms with E-state index in [0.29, 0.717) is 0 Å². The van der Waals surface area contributed by atoms with Gasteiger partial charge < -0.3 is 9.13 Å². The molecule has 0 atom stereocenters. The van der Waals surface area contributed by atoms with E-state index in [1.54, 1.807) is 0 Å². The van der Waals surface area contributed by atoms with Crippen molar-refractivity contribution in [3.05, 3.63) is 267 Å². The lowest BCUT2D eigenvalue weighted by Gasteiger charge is -2.17. The van der Waals surface area contributed by atoms with Crippen LogP contribution >= 0.6 is 0 Å². The standard InChI is InChI=1S/C66H44N2/c1-5-21-45(22-6-1)53-35-19-37-59-61-43-47(39-41-63(61)67(65(53)59)49-25-9-3-10-26-49)51-29-13-15-31-55(51)57-33-17-18-34-58(57)56-32-16-14-30-52(56)48-40-42-64-62(44-48)60-38-20-36-54(46-23-7-2-8-24-46)66(60)68(64)50-27-11-4-12-28-50/h1-44H. The van der Waals surface area contributed by atoms with Crippen LogP contribution < -0.4 is 0 Å². The Morgan fingerprint density at radius 3 is 0.882 bits per heavy atom. The first kappa shape index (κ1) is 39.4. The molecule has 13 aromatic rings.